The molecule has 1 aromatic carbocycles. The van der Waals surface area contributed by atoms with Crippen molar-refractivity contribution in [1.82, 2.24) is 4.90 Å². The highest BCUT2D eigenvalue weighted by Gasteiger charge is 2.39. The molecule has 0 saturated carbocycles. The van der Waals surface area contributed by atoms with Crippen molar-refractivity contribution < 1.29 is 23.8 Å². The van der Waals surface area contributed by atoms with Crippen LogP contribution in [-0.4, -0.2) is 44.7 Å². The van der Waals surface area contributed by atoms with Crippen molar-refractivity contribution in [2.45, 2.75) is 26.7 Å². The van der Waals surface area contributed by atoms with Gasteiger partial charge in [-0.2, -0.15) is 0 Å². The highest BCUT2D eigenvalue weighted by atomic mass is 16.5. The van der Waals surface area contributed by atoms with Gasteiger partial charge in [-0.1, -0.05) is 12.1 Å². The molecule has 0 saturated heterocycles. The van der Waals surface area contributed by atoms with E-state index in [0.29, 0.717) is 23.5 Å². The van der Waals surface area contributed by atoms with E-state index in [4.69, 9.17) is 14.2 Å². The molecular formula is C20H25NO5. The molecule has 140 valence electrons. The Bertz CT molecular complexity index is 738. The third-order valence-corrected chi connectivity index (χ3v) is 4.68. The Kier molecular flexibility index (Phi) is 6.08. The van der Waals surface area contributed by atoms with Crippen molar-refractivity contribution in [3.05, 3.63) is 52.4 Å². The molecule has 0 aliphatic carbocycles. The summed E-state index contributed by atoms with van der Waals surface area (Å²) in [5, 5.41) is 0. The average molecular weight is 359 g/mol. The zero-order chi connectivity index (χ0) is 19.4. The number of hydrogen-bond acceptors (Lipinski definition) is 6. The molecule has 0 radical (unpaired) electrons. The SMILES string of the molecule is CCOc1cccc(C2C(C(=O)OC)=C(C)N(C)C(C)=C2C(=O)OC)c1. The van der Waals surface area contributed by atoms with E-state index in [-0.39, 0.29) is 0 Å². The van der Waals surface area contributed by atoms with Gasteiger partial charge in [-0.25, -0.2) is 9.59 Å². The number of allylic oxidation sites excluding steroid dienone is 2. The maximum Gasteiger partial charge on any atom is 0.336 e. The summed E-state index contributed by atoms with van der Waals surface area (Å²) in [6, 6.07) is 7.38. The molecule has 0 spiro atoms. The minimum atomic E-state index is -0.591. The average Bonchev–Trinajstić information content (AvgIpc) is 2.65. The number of carbonyl (C=O) groups excluding carboxylic acids is 2. The number of carbonyl (C=O) groups is 2. The molecule has 0 amide bonds. The second-order valence-electron chi connectivity index (χ2n) is 5.98. The van der Waals surface area contributed by atoms with Gasteiger partial charge in [0, 0.05) is 18.4 Å². The predicted molar refractivity (Wildman–Crippen MR) is 97.5 cm³/mol. The normalized spacial score (nSPS) is 15.2. The summed E-state index contributed by atoms with van der Waals surface area (Å²) in [4.78, 5) is 26.9. The fourth-order valence-electron chi connectivity index (χ4n) is 3.21. The molecule has 0 fully saturated rings. The van der Waals surface area contributed by atoms with E-state index in [1.165, 1.54) is 14.2 Å². The molecule has 0 atom stereocenters. The largest absolute Gasteiger partial charge is 0.494 e. The molecule has 0 N–H and O–H groups in total. The van der Waals surface area contributed by atoms with Gasteiger partial charge in [-0.05, 0) is 38.5 Å². The lowest BCUT2D eigenvalue weighted by Gasteiger charge is -2.35. The second kappa shape index (κ2) is 8.08. The zero-order valence-electron chi connectivity index (χ0n) is 16.1. The summed E-state index contributed by atoms with van der Waals surface area (Å²) in [5.41, 5.74) is 3.05. The highest BCUT2D eigenvalue weighted by molar-refractivity contribution is 5.99. The van der Waals surface area contributed by atoms with Gasteiger partial charge in [-0.3, -0.25) is 0 Å². The van der Waals surface area contributed by atoms with Crippen molar-refractivity contribution in [2.24, 2.45) is 0 Å². The topological polar surface area (TPSA) is 65.1 Å². The highest BCUT2D eigenvalue weighted by Crippen LogP contribution is 2.42. The summed E-state index contributed by atoms with van der Waals surface area (Å²) in [5.74, 6) is -0.871. The Hall–Kier alpha value is -2.76. The van der Waals surface area contributed by atoms with Crippen molar-refractivity contribution >= 4 is 11.9 Å². The summed E-state index contributed by atoms with van der Waals surface area (Å²) < 4.78 is 15.6. The number of methoxy groups -OCH3 is 2. The molecule has 0 unspecified atom stereocenters. The maximum absolute atomic E-state index is 12.6. The molecule has 6 nitrogen and oxygen atoms in total. The zero-order valence-corrected chi connectivity index (χ0v) is 16.1. The molecule has 1 aliphatic rings. The number of nitrogens with zero attached hydrogens (tertiary/aromatic N) is 1. The van der Waals surface area contributed by atoms with E-state index < -0.39 is 17.9 Å². The minimum Gasteiger partial charge on any atom is -0.494 e. The van der Waals surface area contributed by atoms with E-state index in [1.807, 2.05) is 52.1 Å². The molecule has 1 aliphatic heterocycles. The van der Waals surface area contributed by atoms with Gasteiger partial charge in [0.25, 0.3) is 0 Å². The van der Waals surface area contributed by atoms with Gasteiger partial charge in [0.15, 0.2) is 0 Å². The first-order valence-corrected chi connectivity index (χ1v) is 8.41. The van der Waals surface area contributed by atoms with Gasteiger partial charge in [0.1, 0.15) is 5.75 Å². The van der Waals surface area contributed by atoms with E-state index >= 15 is 0 Å². The molecule has 2 rings (SSSR count). The van der Waals surface area contributed by atoms with Crippen molar-refractivity contribution in [3.8, 4) is 5.75 Å². The van der Waals surface area contributed by atoms with Crippen LogP contribution >= 0.6 is 0 Å². The van der Waals surface area contributed by atoms with Crippen LogP contribution in [0.1, 0.15) is 32.3 Å². The van der Waals surface area contributed by atoms with Crippen molar-refractivity contribution in [2.75, 3.05) is 27.9 Å². The molecule has 0 bridgehead atoms. The summed E-state index contributed by atoms with van der Waals surface area (Å²) in [7, 11) is 4.47. The molecule has 1 aromatic rings. The quantitative estimate of drug-likeness (QED) is 0.753. The molecule has 6 heteroatoms. The lowest BCUT2D eigenvalue weighted by molar-refractivity contribution is -0.137. The van der Waals surface area contributed by atoms with E-state index in [1.54, 1.807) is 4.90 Å². The fourth-order valence-corrected chi connectivity index (χ4v) is 3.21. The first kappa shape index (κ1) is 19.6. The van der Waals surface area contributed by atoms with Gasteiger partial charge in [0.05, 0.1) is 37.9 Å². The number of benzene rings is 1. The second-order valence-corrected chi connectivity index (χ2v) is 5.98. The lowest BCUT2D eigenvalue weighted by atomic mass is 9.80. The Balaban J connectivity index is 2.73. The standard InChI is InChI=1S/C20H25NO5/c1-7-26-15-10-8-9-14(11-15)18-16(19(22)24-5)12(2)21(4)13(3)17(18)20(23)25-6/h8-11,18H,7H2,1-6H3. The van der Waals surface area contributed by atoms with Crippen molar-refractivity contribution in [1.29, 1.82) is 0 Å². The van der Waals surface area contributed by atoms with Crippen LogP contribution < -0.4 is 4.74 Å². The van der Waals surface area contributed by atoms with Crippen LogP contribution in [0.25, 0.3) is 0 Å². The van der Waals surface area contributed by atoms with Crippen LogP contribution in [-0.2, 0) is 19.1 Å². The number of rotatable bonds is 5. The van der Waals surface area contributed by atoms with Gasteiger partial charge in [-0.15, -0.1) is 0 Å². The first-order chi connectivity index (χ1) is 12.4. The molecule has 26 heavy (non-hydrogen) atoms. The summed E-state index contributed by atoms with van der Waals surface area (Å²) in [6.07, 6.45) is 0. The third kappa shape index (κ3) is 3.45. The lowest BCUT2D eigenvalue weighted by Crippen LogP contribution is -2.33. The number of ether oxygens (including phenoxy) is 3. The van der Waals surface area contributed by atoms with Gasteiger partial charge >= 0.3 is 11.9 Å². The number of hydrogen-bond donors (Lipinski definition) is 0. The number of esters is 2. The monoisotopic (exact) mass is 359 g/mol. The Morgan fingerprint density at radius 1 is 1.04 bits per heavy atom. The molecule has 0 aromatic heterocycles. The van der Waals surface area contributed by atoms with Crippen LogP contribution in [0.4, 0.5) is 0 Å². The van der Waals surface area contributed by atoms with Crippen LogP contribution in [0, 0.1) is 0 Å². The summed E-state index contributed by atoms with van der Waals surface area (Å²) >= 11 is 0. The van der Waals surface area contributed by atoms with Crippen molar-refractivity contribution in [3.63, 3.8) is 0 Å². The van der Waals surface area contributed by atoms with Crippen LogP contribution in [0.2, 0.25) is 0 Å². The van der Waals surface area contributed by atoms with Crippen LogP contribution in [0.5, 0.6) is 5.75 Å². The Labute approximate surface area is 154 Å². The van der Waals surface area contributed by atoms with E-state index in [2.05, 4.69) is 0 Å². The molecule has 1 heterocycles. The van der Waals surface area contributed by atoms with Crippen LogP contribution in [0.15, 0.2) is 46.8 Å². The van der Waals surface area contributed by atoms with Crippen LogP contribution in [0.3, 0.4) is 0 Å². The molecular weight excluding hydrogens is 334 g/mol. The summed E-state index contributed by atoms with van der Waals surface area (Å²) in [6.45, 7) is 6.09. The third-order valence-electron chi connectivity index (χ3n) is 4.68. The predicted octanol–water partition coefficient (Wildman–Crippen LogP) is 3.01. The fraction of sp³-hybridized carbons (Fsp3) is 0.400. The smallest absolute Gasteiger partial charge is 0.336 e. The van der Waals surface area contributed by atoms with E-state index in [9.17, 15) is 9.59 Å². The van der Waals surface area contributed by atoms with Gasteiger partial charge in [0.2, 0.25) is 0 Å². The van der Waals surface area contributed by atoms with Gasteiger partial charge < -0.3 is 19.1 Å². The Morgan fingerprint density at radius 2 is 1.58 bits per heavy atom. The Morgan fingerprint density at radius 3 is 2.04 bits per heavy atom. The maximum atomic E-state index is 12.6. The minimum absolute atomic E-state index is 0.412. The first-order valence-electron chi connectivity index (χ1n) is 8.41. The van der Waals surface area contributed by atoms with E-state index in [0.717, 1.165) is 17.0 Å².